The van der Waals surface area contributed by atoms with Crippen molar-refractivity contribution in [3.8, 4) is 0 Å². The molecule has 1 aliphatic heterocycles. The van der Waals surface area contributed by atoms with Gasteiger partial charge in [-0.2, -0.15) is 0 Å². The number of hydrogen-bond acceptors (Lipinski definition) is 4. The highest BCUT2D eigenvalue weighted by atomic mass is 35.5. The van der Waals surface area contributed by atoms with Gasteiger partial charge in [-0.25, -0.2) is 4.79 Å². The highest BCUT2D eigenvalue weighted by Gasteiger charge is 2.35. The summed E-state index contributed by atoms with van der Waals surface area (Å²) in [4.78, 5) is 35.2. The Labute approximate surface area is 125 Å². The minimum atomic E-state index is -1.10. The number of benzene rings is 1. The van der Waals surface area contributed by atoms with Gasteiger partial charge in [-0.3, -0.25) is 14.9 Å². The van der Waals surface area contributed by atoms with E-state index in [1.807, 2.05) is 0 Å². The molecule has 0 bridgehead atoms. The average molecular weight is 313 g/mol. The summed E-state index contributed by atoms with van der Waals surface area (Å²) in [5.41, 5.74) is -0.667. The number of likely N-dealkylation sites (tertiary alicyclic amines) is 1. The second-order valence-electron chi connectivity index (χ2n) is 4.74. The third-order valence-electron chi connectivity index (χ3n) is 3.45. The standard InChI is InChI=1S/C13H13ClN2O5/c14-9-5-3-4-8(11(9)16(20)21)12(17)15-7-2-1-6-10(15)13(18)19/h3-5,10H,1-2,6-7H2,(H,18,19)/t10-/m1/s1. The van der Waals surface area contributed by atoms with E-state index in [9.17, 15) is 24.8 Å². The molecule has 1 N–H and O–H groups in total. The summed E-state index contributed by atoms with van der Waals surface area (Å²) < 4.78 is 0. The molecule has 112 valence electrons. The van der Waals surface area contributed by atoms with Gasteiger partial charge >= 0.3 is 11.7 Å². The van der Waals surface area contributed by atoms with E-state index in [-0.39, 0.29) is 17.1 Å². The van der Waals surface area contributed by atoms with E-state index in [1.165, 1.54) is 23.1 Å². The fourth-order valence-electron chi connectivity index (χ4n) is 2.46. The quantitative estimate of drug-likeness (QED) is 0.682. The summed E-state index contributed by atoms with van der Waals surface area (Å²) in [6.07, 6.45) is 1.72. The second kappa shape index (κ2) is 6.09. The van der Waals surface area contributed by atoms with Crippen LogP contribution in [0.3, 0.4) is 0 Å². The van der Waals surface area contributed by atoms with E-state index in [1.54, 1.807) is 0 Å². The predicted molar refractivity (Wildman–Crippen MR) is 74.4 cm³/mol. The molecule has 0 aromatic heterocycles. The summed E-state index contributed by atoms with van der Waals surface area (Å²) in [7, 11) is 0. The third-order valence-corrected chi connectivity index (χ3v) is 3.75. The number of nitrogens with zero attached hydrogens (tertiary/aromatic N) is 2. The van der Waals surface area contributed by atoms with Crippen molar-refractivity contribution >= 4 is 29.2 Å². The van der Waals surface area contributed by atoms with Crippen LogP contribution in [0.25, 0.3) is 0 Å². The molecule has 8 heteroatoms. The predicted octanol–water partition coefficient (Wildman–Crippen LogP) is 2.33. The molecule has 1 heterocycles. The third kappa shape index (κ3) is 2.97. The van der Waals surface area contributed by atoms with Gasteiger partial charge in [0.1, 0.15) is 16.6 Å². The Balaban J connectivity index is 2.42. The summed E-state index contributed by atoms with van der Waals surface area (Å²) in [6, 6.07) is 3.09. The molecular weight excluding hydrogens is 300 g/mol. The van der Waals surface area contributed by atoms with Gasteiger partial charge in [0.25, 0.3) is 5.91 Å². The number of hydrogen-bond donors (Lipinski definition) is 1. The molecule has 0 unspecified atom stereocenters. The van der Waals surface area contributed by atoms with Gasteiger partial charge in [-0.05, 0) is 31.4 Å². The molecule has 1 amide bonds. The lowest BCUT2D eigenvalue weighted by Crippen LogP contribution is -2.48. The number of nitro benzene ring substituents is 1. The van der Waals surface area contributed by atoms with Gasteiger partial charge in [-0.15, -0.1) is 0 Å². The molecule has 2 rings (SSSR count). The number of carboxylic acid groups (broad SMARTS) is 1. The van der Waals surface area contributed by atoms with Gasteiger partial charge in [0.05, 0.1) is 4.92 Å². The van der Waals surface area contributed by atoms with Crippen molar-refractivity contribution in [2.24, 2.45) is 0 Å². The maximum Gasteiger partial charge on any atom is 0.326 e. The first kappa shape index (κ1) is 15.2. The molecule has 1 saturated heterocycles. The molecular formula is C13H13ClN2O5. The number of para-hydroxylation sites is 1. The fraction of sp³-hybridized carbons (Fsp3) is 0.385. The molecule has 1 fully saturated rings. The molecule has 1 aliphatic rings. The van der Waals surface area contributed by atoms with Crippen LogP contribution in [-0.2, 0) is 4.79 Å². The van der Waals surface area contributed by atoms with E-state index in [0.29, 0.717) is 19.3 Å². The van der Waals surface area contributed by atoms with Crippen molar-refractivity contribution in [1.29, 1.82) is 0 Å². The largest absolute Gasteiger partial charge is 0.480 e. The Morgan fingerprint density at radius 1 is 1.38 bits per heavy atom. The van der Waals surface area contributed by atoms with Crippen LogP contribution in [0, 0.1) is 10.1 Å². The van der Waals surface area contributed by atoms with Crippen LogP contribution in [0.2, 0.25) is 5.02 Å². The van der Waals surface area contributed by atoms with E-state index < -0.39 is 28.5 Å². The fourth-order valence-corrected chi connectivity index (χ4v) is 2.70. The van der Waals surface area contributed by atoms with Crippen molar-refractivity contribution in [2.45, 2.75) is 25.3 Å². The monoisotopic (exact) mass is 312 g/mol. The van der Waals surface area contributed by atoms with Crippen molar-refractivity contribution in [2.75, 3.05) is 6.54 Å². The average Bonchev–Trinajstić information content (AvgIpc) is 2.45. The Bertz CT molecular complexity index is 604. The van der Waals surface area contributed by atoms with E-state index >= 15 is 0 Å². The van der Waals surface area contributed by atoms with E-state index in [4.69, 9.17) is 11.6 Å². The Kier molecular flexibility index (Phi) is 4.42. The van der Waals surface area contributed by atoms with Crippen LogP contribution >= 0.6 is 11.6 Å². The normalized spacial score (nSPS) is 18.3. The summed E-state index contributed by atoms with van der Waals surface area (Å²) in [5, 5.41) is 20.1. The van der Waals surface area contributed by atoms with Crippen molar-refractivity contribution in [3.63, 3.8) is 0 Å². The minimum Gasteiger partial charge on any atom is -0.480 e. The lowest BCUT2D eigenvalue weighted by atomic mass is 10.0. The number of halogens is 1. The first-order valence-electron chi connectivity index (χ1n) is 6.40. The molecule has 0 spiro atoms. The number of rotatable bonds is 3. The highest BCUT2D eigenvalue weighted by molar-refractivity contribution is 6.33. The Morgan fingerprint density at radius 2 is 2.10 bits per heavy atom. The first-order valence-corrected chi connectivity index (χ1v) is 6.78. The smallest absolute Gasteiger partial charge is 0.326 e. The van der Waals surface area contributed by atoms with Crippen LogP contribution in [0.15, 0.2) is 18.2 Å². The molecule has 1 atom stereocenters. The molecule has 0 saturated carbocycles. The van der Waals surface area contributed by atoms with Crippen LogP contribution in [0.1, 0.15) is 29.6 Å². The number of carbonyl (C=O) groups excluding carboxylic acids is 1. The topological polar surface area (TPSA) is 101 Å². The van der Waals surface area contributed by atoms with Crippen LogP contribution in [-0.4, -0.2) is 39.4 Å². The molecule has 0 aliphatic carbocycles. The van der Waals surface area contributed by atoms with E-state index in [2.05, 4.69) is 0 Å². The number of amides is 1. The maximum atomic E-state index is 12.5. The molecule has 1 aromatic rings. The highest BCUT2D eigenvalue weighted by Crippen LogP contribution is 2.30. The van der Waals surface area contributed by atoms with Crippen molar-refractivity contribution < 1.29 is 19.6 Å². The van der Waals surface area contributed by atoms with Crippen molar-refractivity contribution in [3.05, 3.63) is 38.9 Å². The van der Waals surface area contributed by atoms with Crippen LogP contribution in [0.4, 0.5) is 5.69 Å². The summed E-state index contributed by atoms with van der Waals surface area (Å²) >= 11 is 5.78. The molecule has 7 nitrogen and oxygen atoms in total. The summed E-state index contributed by atoms with van der Waals surface area (Å²) in [5.74, 6) is -1.77. The maximum absolute atomic E-state index is 12.5. The van der Waals surface area contributed by atoms with Gasteiger partial charge in [-0.1, -0.05) is 17.7 Å². The Hall–Kier alpha value is -2.15. The second-order valence-corrected chi connectivity index (χ2v) is 5.15. The lowest BCUT2D eigenvalue weighted by Gasteiger charge is -2.32. The lowest BCUT2D eigenvalue weighted by molar-refractivity contribution is -0.385. The van der Waals surface area contributed by atoms with Gasteiger partial charge in [0.15, 0.2) is 0 Å². The number of piperidine rings is 1. The zero-order valence-corrected chi connectivity index (χ0v) is 11.7. The van der Waals surface area contributed by atoms with Gasteiger partial charge in [0.2, 0.25) is 0 Å². The number of aliphatic carboxylic acids is 1. The van der Waals surface area contributed by atoms with Gasteiger partial charge in [0, 0.05) is 6.54 Å². The van der Waals surface area contributed by atoms with Crippen molar-refractivity contribution in [1.82, 2.24) is 4.90 Å². The van der Waals surface area contributed by atoms with Crippen LogP contribution < -0.4 is 0 Å². The van der Waals surface area contributed by atoms with Gasteiger partial charge < -0.3 is 10.0 Å². The van der Waals surface area contributed by atoms with E-state index in [0.717, 1.165) is 0 Å². The number of nitro groups is 1. The zero-order valence-electron chi connectivity index (χ0n) is 11.0. The molecule has 1 aromatic carbocycles. The summed E-state index contributed by atoms with van der Waals surface area (Å²) in [6.45, 7) is 0.263. The molecule has 21 heavy (non-hydrogen) atoms. The zero-order chi connectivity index (χ0) is 15.6. The number of carboxylic acids is 1. The Morgan fingerprint density at radius 3 is 2.71 bits per heavy atom. The minimum absolute atomic E-state index is 0.144. The first-order chi connectivity index (χ1) is 9.93. The number of carbonyl (C=O) groups is 2. The van der Waals surface area contributed by atoms with Crippen LogP contribution in [0.5, 0.6) is 0 Å². The molecule has 0 radical (unpaired) electrons. The SMILES string of the molecule is O=C(O)[C@H]1CCCCN1C(=O)c1cccc(Cl)c1[N+](=O)[O-].